The number of ketones is 1. The van der Waals surface area contributed by atoms with Gasteiger partial charge in [-0.2, -0.15) is 0 Å². The van der Waals surface area contributed by atoms with Crippen molar-refractivity contribution in [1.29, 1.82) is 0 Å². The summed E-state index contributed by atoms with van der Waals surface area (Å²) in [5.74, 6) is -1.01. The fourth-order valence-corrected chi connectivity index (χ4v) is 4.65. The Bertz CT molecular complexity index is 929. The van der Waals surface area contributed by atoms with E-state index in [1.54, 1.807) is 25.7 Å². The Labute approximate surface area is 207 Å². The molecule has 1 aromatic rings. The van der Waals surface area contributed by atoms with Gasteiger partial charge in [-0.05, 0) is 52.5 Å². The first-order valence-corrected chi connectivity index (χ1v) is 12.2. The third-order valence-electron chi connectivity index (χ3n) is 6.46. The third-order valence-corrected chi connectivity index (χ3v) is 6.46. The van der Waals surface area contributed by atoms with Gasteiger partial charge in [-0.1, -0.05) is 30.3 Å². The van der Waals surface area contributed by atoms with Crippen molar-refractivity contribution in [2.45, 2.75) is 77.3 Å². The lowest BCUT2D eigenvalue weighted by Gasteiger charge is -2.32. The summed E-state index contributed by atoms with van der Waals surface area (Å²) in [6, 6.07) is 7.69. The largest absolute Gasteiger partial charge is 0.444 e. The lowest BCUT2D eigenvalue weighted by molar-refractivity contribution is -0.143. The van der Waals surface area contributed by atoms with E-state index < -0.39 is 23.8 Å². The molecule has 3 rings (SSSR count). The molecule has 1 aromatic carbocycles. The van der Waals surface area contributed by atoms with Crippen molar-refractivity contribution < 1.29 is 28.7 Å². The molecule has 1 N–H and O–H groups in total. The SMILES string of the molecule is CC1C[C@H](N(C)C(=O)OC(C)(C)C)C(=O)N1[C@@H](C[C@@H]1CCNC1=O)C(=O)COCc1ccccc1. The summed E-state index contributed by atoms with van der Waals surface area (Å²) in [4.78, 5) is 54.6. The Morgan fingerprint density at radius 3 is 2.49 bits per heavy atom. The Morgan fingerprint density at radius 1 is 1.20 bits per heavy atom. The van der Waals surface area contributed by atoms with Gasteiger partial charge in [0.05, 0.1) is 12.6 Å². The van der Waals surface area contributed by atoms with E-state index in [2.05, 4.69) is 5.32 Å². The van der Waals surface area contributed by atoms with Crippen molar-refractivity contribution in [2.24, 2.45) is 5.92 Å². The minimum Gasteiger partial charge on any atom is -0.444 e. The zero-order valence-corrected chi connectivity index (χ0v) is 21.3. The van der Waals surface area contributed by atoms with Crippen molar-refractivity contribution in [1.82, 2.24) is 15.1 Å². The van der Waals surface area contributed by atoms with E-state index in [1.807, 2.05) is 37.3 Å². The summed E-state index contributed by atoms with van der Waals surface area (Å²) < 4.78 is 11.1. The molecule has 9 nitrogen and oxygen atoms in total. The van der Waals surface area contributed by atoms with Crippen LogP contribution < -0.4 is 5.32 Å². The number of ether oxygens (including phenoxy) is 2. The minimum atomic E-state index is -0.806. The molecule has 0 radical (unpaired) electrons. The summed E-state index contributed by atoms with van der Waals surface area (Å²) in [5.41, 5.74) is 0.250. The fourth-order valence-electron chi connectivity index (χ4n) is 4.65. The standard InChI is InChI=1S/C26H37N3O6/c1-17-13-21(28(5)25(33)35-26(2,3)4)24(32)29(17)20(14-19-11-12-27-23(19)31)22(30)16-34-15-18-9-7-6-8-10-18/h6-10,17,19-21H,11-16H2,1-5H3,(H,27,31)/t17?,19-,20-,21-/m0/s1. The second-order valence-corrected chi connectivity index (χ2v) is 10.4. The molecule has 192 valence electrons. The average molecular weight is 488 g/mol. The van der Waals surface area contributed by atoms with Crippen LogP contribution in [0.15, 0.2) is 30.3 Å². The molecule has 2 fully saturated rings. The first-order valence-electron chi connectivity index (χ1n) is 12.2. The smallest absolute Gasteiger partial charge is 0.410 e. The quantitative estimate of drug-likeness (QED) is 0.574. The molecular formula is C26H37N3O6. The minimum absolute atomic E-state index is 0.102. The maximum atomic E-state index is 13.5. The number of benzene rings is 1. The van der Waals surface area contributed by atoms with E-state index in [9.17, 15) is 19.2 Å². The molecule has 1 unspecified atom stereocenters. The summed E-state index contributed by atoms with van der Waals surface area (Å²) in [6.45, 7) is 7.82. The predicted octanol–water partition coefficient (Wildman–Crippen LogP) is 2.52. The van der Waals surface area contributed by atoms with Gasteiger partial charge in [0, 0.05) is 25.6 Å². The molecule has 0 spiro atoms. The molecular weight excluding hydrogens is 450 g/mol. The second kappa shape index (κ2) is 11.2. The number of carbonyl (C=O) groups is 4. The first-order chi connectivity index (χ1) is 16.5. The van der Waals surface area contributed by atoms with E-state index in [-0.39, 0.29) is 49.2 Å². The van der Waals surface area contributed by atoms with Crippen LogP contribution >= 0.6 is 0 Å². The zero-order chi connectivity index (χ0) is 25.8. The Morgan fingerprint density at radius 2 is 1.89 bits per heavy atom. The highest BCUT2D eigenvalue weighted by Crippen LogP contribution is 2.30. The van der Waals surface area contributed by atoms with Crippen molar-refractivity contribution in [3.05, 3.63) is 35.9 Å². The van der Waals surface area contributed by atoms with E-state index in [0.29, 0.717) is 19.4 Å². The lowest BCUT2D eigenvalue weighted by atomic mass is 9.94. The number of likely N-dealkylation sites (tertiary alicyclic amines) is 1. The number of rotatable bonds is 9. The van der Waals surface area contributed by atoms with Crippen LogP contribution in [0.4, 0.5) is 4.79 Å². The van der Waals surface area contributed by atoms with Crippen molar-refractivity contribution in [3.8, 4) is 0 Å². The zero-order valence-electron chi connectivity index (χ0n) is 21.3. The van der Waals surface area contributed by atoms with Gasteiger partial charge in [0.1, 0.15) is 18.2 Å². The number of nitrogens with zero attached hydrogens (tertiary/aromatic N) is 2. The van der Waals surface area contributed by atoms with Gasteiger partial charge in [-0.3, -0.25) is 19.3 Å². The number of amides is 3. The molecule has 35 heavy (non-hydrogen) atoms. The van der Waals surface area contributed by atoms with Crippen molar-refractivity contribution >= 4 is 23.7 Å². The lowest BCUT2D eigenvalue weighted by Crippen LogP contribution is -2.51. The number of likely N-dealkylation sites (N-methyl/N-ethyl adjacent to an activating group) is 1. The van der Waals surface area contributed by atoms with Crippen molar-refractivity contribution in [2.75, 3.05) is 20.2 Å². The number of nitrogens with one attached hydrogen (secondary N) is 1. The van der Waals surface area contributed by atoms with E-state index >= 15 is 0 Å². The molecule has 0 aliphatic carbocycles. The third kappa shape index (κ3) is 6.81. The Balaban J connectivity index is 1.74. The monoisotopic (exact) mass is 487 g/mol. The number of carbonyl (C=O) groups excluding carboxylic acids is 4. The predicted molar refractivity (Wildman–Crippen MR) is 129 cm³/mol. The van der Waals surface area contributed by atoms with Gasteiger partial charge >= 0.3 is 6.09 Å². The van der Waals surface area contributed by atoms with Crippen LogP contribution in [0.5, 0.6) is 0 Å². The van der Waals surface area contributed by atoms with Gasteiger partial charge in [-0.25, -0.2) is 4.79 Å². The number of Topliss-reactive ketones (excluding diaryl/α,β-unsaturated/α-hetero) is 1. The molecule has 3 amide bonds. The van der Waals surface area contributed by atoms with Crippen LogP contribution in [0.25, 0.3) is 0 Å². The second-order valence-electron chi connectivity index (χ2n) is 10.4. The highest BCUT2D eigenvalue weighted by molar-refractivity contribution is 5.95. The van der Waals surface area contributed by atoms with Crippen LogP contribution in [0.3, 0.4) is 0 Å². The van der Waals surface area contributed by atoms with Crippen LogP contribution in [0.1, 0.15) is 52.5 Å². The fraction of sp³-hybridized carbons (Fsp3) is 0.615. The molecule has 9 heteroatoms. The van der Waals surface area contributed by atoms with E-state index in [4.69, 9.17) is 9.47 Å². The van der Waals surface area contributed by atoms with Crippen LogP contribution in [0.2, 0.25) is 0 Å². The first kappa shape index (κ1) is 26.7. The summed E-state index contributed by atoms with van der Waals surface area (Å²) in [6.07, 6.45) is 0.637. The summed E-state index contributed by atoms with van der Waals surface area (Å²) in [5, 5.41) is 2.80. The van der Waals surface area contributed by atoms with Gasteiger partial charge in [0.25, 0.3) is 0 Å². The molecule has 2 aliphatic heterocycles. The van der Waals surface area contributed by atoms with E-state index in [1.165, 1.54) is 11.9 Å². The Kier molecular flexibility index (Phi) is 8.53. The average Bonchev–Trinajstić information content (AvgIpc) is 3.32. The normalized spacial score (nSPS) is 23.2. The summed E-state index contributed by atoms with van der Waals surface area (Å²) >= 11 is 0. The molecule has 4 atom stereocenters. The van der Waals surface area contributed by atoms with Gasteiger partial charge in [-0.15, -0.1) is 0 Å². The molecule has 0 aromatic heterocycles. The maximum Gasteiger partial charge on any atom is 0.410 e. The van der Waals surface area contributed by atoms with Gasteiger partial charge in [0.15, 0.2) is 5.78 Å². The van der Waals surface area contributed by atoms with Crippen molar-refractivity contribution in [3.63, 3.8) is 0 Å². The molecule has 0 saturated carbocycles. The molecule has 2 saturated heterocycles. The molecule has 2 heterocycles. The maximum absolute atomic E-state index is 13.5. The van der Waals surface area contributed by atoms with E-state index in [0.717, 1.165) is 5.56 Å². The van der Waals surface area contributed by atoms with Crippen LogP contribution in [-0.2, 0) is 30.5 Å². The van der Waals surface area contributed by atoms with Crippen LogP contribution in [0, 0.1) is 5.92 Å². The van der Waals surface area contributed by atoms with Gasteiger partial charge in [0.2, 0.25) is 11.8 Å². The number of hydrogen-bond donors (Lipinski definition) is 1. The number of hydrogen-bond acceptors (Lipinski definition) is 6. The molecule has 2 aliphatic rings. The highest BCUT2D eigenvalue weighted by Gasteiger charge is 2.47. The highest BCUT2D eigenvalue weighted by atomic mass is 16.6. The summed E-state index contributed by atoms with van der Waals surface area (Å²) in [7, 11) is 1.54. The van der Waals surface area contributed by atoms with Crippen LogP contribution in [-0.4, -0.2) is 77.4 Å². The molecule has 0 bridgehead atoms. The topological polar surface area (TPSA) is 105 Å². The van der Waals surface area contributed by atoms with Gasteiger partial charge < -0.3 is 19.7 Å². The Hall–Kier alpha value is -2.94.